The molecule has 3 aromatic rings. The highest BCUT2D eigenvalue weighted by atomic mass is 19.1. The number of nitrogens with one attached hydrogen (secondary N) is 2. The maximum Gasteiger partial charge on any atom is 0.190 e. The van der Waals surface area contributed by atoms with Gasteiger partial charge in [-0.15, -0.1) is 0 Å². The number of nitrogens with zero attached hydrogens (tertiary/aromatic N) is 3. The van der Waals surface area contributed by atoms with Crippen LogP contribution in [0.3, 0.4) is 0 Å². The van der Waals surface area contributed by atoms with Crippen molar-refractivity contribution in [2.45, 2.75) is 26.2 Å². The number of rotatable bonds is 8. The molecule has 0 spiro atoms. The van der Waals surface area contributed by atoms with E-state index in [0.717, 1.165) is 48.7 Å². The van der Waals surface area contributed by atoms with E-state index in [0.29, 0.717) is 6.54 Å². The summed E-state index contributed by atoms with van der Waals surface area (Å²) < 4.78 is 15.2. The minimum absolute atomic E-state index is 0.198. The molecule has 0 unspecified atom stereocenters. The lowest BCUT2D eigenvalue weighted by Gasteiger charge is -2.11. The highest BCUT2D eigenvalue weighted by Crippen LogP contribution is 2.13. The molecule has 2 N–H and O–H groups in total. The third kappa shape index (κ3) is 6.17. The summed E-state index contributed by atoms with van der Waals surface area (Å²) >= 11 is 0. The molecular weight excluding hydrogens is 365 g/mol. The summed E-state index contributed by atoms with van der Waals surface area (Å²) in [6.07, 6.45) is 4.78. The van der Waals surface area contributed by atoms with Crippen LogP contribution in [0.2, 0.25) is 0 Å². The van der Waals surface area contributed by atoms with Gasteiger partial charge < -0.3 is 10.6 Å². The van der Waals surface area contributed by atoms with Crippen molar-refractivity contribution < 1.29 is 4.39 Å². The molecule has 0 fully saturated rings. The van der Waals surface area contributed by atoms with Crippen molar-refractivity contribution in [2.75, 3.05) is 20.1 Å². The van der Waals surface area contributed by atoms with Crippen molar-refractivity contribution in [1.82, 2.24) is 20.4 Å². The van der Waals surface area contributed by atoms with Gasteiger partial charge in [0.25, 0.3) is 0 Å². The van der Waals surface area contributed by atoms with E-state index in [2.05, 4.69) is 46.0 Å². The molecule has 0 amide bonds. The lowest BCUT2D eigenvalue weighted by molar-refractivity contribution is 0.625. The van der Waals surface area contributed by atoms with Crippen LogP contribution in [0.5, 0.6) is 0 Å². The number of aliphatic imine (C=N–C) groups is 1. The monoisotopic (exact) mass is 393 g/mol. The third-order valence-corrected chi connectivity index (χ3v) is 4.76. The number of hydrogen-bond acceptors (Lipinski definition) is 2. The van der Waals surface area contributed by atoms with Gasteiger partial charge >= 0.3 is 0 Å². The maximum atomic E-state index is 13.2. The molecule has 0 aliphatic heterocycles. The Morgan fingerprint density at radius 1 is 1.03 bits per heavy atom. The van der Waals surface area contributed by atoms with Crippen molar-refractivity contribution in [3.05, 3.63) is 83.4 Å². The summed E-state index contributed by atoms with van der Waals surface area (Å²) in [6, 6.07) is 16.8. The molecule has 3 rings (SSSR count). The van der Waals surface area contributed by atoms with E-state index in [-0.39, 0.29) is 5.82 Å². The molecule has 6 heteroatoms. The number of aromatic nitrogens is 2. The van der Waals surface area contributed by atoms with Gasteiger partial charge in [0.05, 0.1) is 11.4 Å². The van der Waals surface area contributed by atoms with Gasteiger partial charge in [-0.3, -0.25) is 4.99 Å². The second-order valence-electron chi connectivity index (χ2n) is 6.93. The molecular formula is C23H28FN5. The van der Waals surface area contributed by atoms with E-state index >= 15 is 0 Å². The predicted molar refractivity (Wildman–Crippen MR) is 116 cm³/mol. The fourth-order valence-corrected chi connectivity index (χ4v) is 3.18. The first-order chi connectivity index (χ1) is 14.2. The molecule has 5 nitrogen and oxygen atoms in total. The van der Waals surface area contributed by atoms with E-state index < -0.39 is 0 Å². The van der Waals surface area contributed by atoms with Gasteiger partial charge in [-0.25, -0.2) is 9.07 Å². The lowest BCUT2D eigenvalue weighted by Crippen LogP contribution is -2.38. The lowest BCUT2D eigenvalue weighted by atomic mass is 10.1. The molecule has 152 valence electrons. The van der Waals surface area contributed by atoms with Crippen LogP contribution >= 0.6 is 0 Å². The maximum absolute atomic E-state index is 13.2. The fourth-order valence-electron chi connectivity index (χ4n) is 3.18. The molecule has 0 aliphatic carbocycles. The van der Waals surface area contributed by atoms with Crippen molar-refractivity contribution in [2.24, 2.45) is 4.99 Å². The highest BCUT2D eigenvalue weighted by molar-refractivity contribution is 5.79. The highest BCUT2D eigenvalue weighted by Gasteiger charge is 2.06. The molecule has 0 saturated carbocycles. The summed E-state index contributed by atoms with van der Waals surface area (Å²) in [4.78, 5) is 4.25. The van der Waals surface area contributed by atoms with Crippen LogP contribution in [-0.4, -0.2) is 35.9 Å². The van der Waals surface area contributed by atoms with Gasteiger partial charge in [-0.05, 0) is 61.6 Å². The SMILES string of the molecule is CN=C(NCCCc1cn(-c2ccccc2)nc1C)NCCc1cccc(F)c1. The number of guanidine groups is 1. The van der Waals surface area contributed by atoms with Crippen molar-refractivity contribution in [3.8, 4) is 5.69 Å². The van der Waals surface area contributed by atoms with Gasteiger partial charge in [0.1, 0.15) is 5.82 Å². The zero-order valence-electron chi connectivity index (χ0n) is 17.0. The summed E-state index contributed by atoms with van der Waals surface area (Å²) in [5.41, 5.74) is 4.36. The number of hydrogen-bond donors (Lipinski definition) is 2. The Balaban J connectivity index is 1.40. The van der Waals surface area contributed by atoms with E-state index in [1.807, 2.05) is 28.9 Å². The van der Waals surface area contributed by atoms with E-state index in [1.54, 1.807) is 19.2 Å². The summed E-state index contributed by atoms with van der Waals surface area (Å²) in [5.74, 6) is 0.564. The van der Waals surface area contributed by atoms with Gasteiger partial charge in [-0.2, -0.15) is 5.10 Å². The Morgan fingerprint density at radius 2 is 1.83 bits per heavy atom. The topological polar surface area (TPSA) is 54.2 Å². The van der Waals surface area contributed by atoms with Gasteiger partial charge in [0.2, 0.25) is 0 Å². The first kappa shape index (κ1) is 20.6. The van der Waals surface area contributed by atoms with Gasteiger partial charge in [-0.1, -0.05) is 30.3 Å². The molecule has 1 heterocycles. The molecule has 0 bridgehead atoms. The average molecular weight is 394 g/mol. The van der Waals surface area contributed by atoms with Crippen LogP contribution in [0.1, 0.15) is 23.2 Å². The number of benzene rings is 2. The zero-order valence-corrected chi connectivity index (χ0v) is 17.0. The first-order valence-corrected chi connectivity index (χ1v) is 9.95. The molecule has 2 aromatic carbocycles. The summed E-state index contributed by atoms with van der Waals surface area (Å²) in [7, 11) is 1.76. The predicted octanol–water partition coefficient (Wildman–Crippen LogP) is 3.66. The quantitative estimate of drug-likeness (QED) is 0.349. The van der Waals surface area contributed by atoms with Crippen LogP contribution in [0, 0.1) is 12.7 Å². The van der Waals surface area contributed by atoms with Crippen LogP contribution in [0.25, 0.3) is 5.69 Å². The zero-order chi connectivity index (χ0) is 20.5. The molecule has 0 atom stereocenters. The Hall–Kier alpha value is -3.15. The van der Waals surface area contributed by atoms with Crippen LogP contribution < -0.4 is 10.6 Å². The van der Waals surface area contributed by atoms with E-state index in [9.17, 15) is 4.39 Å². The van der Waals surface area contributed by atoms with Crippen molar-refractivity contribution in [3.63, 3.8) is 0 Å². The van der Waals surface area contributed by atoms with Crippen LogP contribution in [0.4, 0.5) is 4.39 Å². The number of aryl methyl sites for hydroxylation is 2. The Bertz CT molecular complexity index is 933. The number of halogens is 1. The molecule has 29 heavy (non-hydrogen) atoms. The second-order valence-corrected chi connectivity index (χ2v) is 6.93. The average Bonchev–Trinajstić information content (AvgIpc) is 3.11. The van der Waals surface area contributed by atoms with Gasteiger partial charge in [0, 0.05) is 26.3 Å². The molecule has 1 aromatic heterocycles. The minimum atomic E-state index is -0.198. The third-order valence-electron chi connectivity index (χ3n) is 4.76. The summed E-state index contributed by atoms with van der Waals surface area (Å²) in [6.45, 7) is 3.57. The Kier molecular flexibility index (Phi) is 7.39. The standard InChI is InChI=1S/C23H28FN5/c1-18-20(17-29(28-18)22-11-4-3-5-12-22)9-7-14-26-23(25-2)27-15-13-19-8-6-10-21(24)16-19/h3-6,8,10-12,16-17H,7,9,13-15H2,1-2H3,(H2,25,26,27). The van der Waals surface area contributed by atoms with Crippen molar-refractivity contribution >= 4 is 5.96 Å². The molecule has 0 radical (unpaired) electrons. The fraction of sp³-hybridized carbons (Fsp3) is 0.304. The summed E-state index contributed by atoms with van der Waals surface area (Å²) in [5, 5.41) is 11.2. The van der Waals surface area contributed by atoms with Crippen molar-refractivity contribution in [1.29, 1.82) is 0 Å². The van der Waals surface area contributed by atoms with E-state index in [1.165, 1.54) is 11.6 Å². The van der Waals surface area contributed by atoms with Crippen LogP contribution in [-0.2, 0) is 12.8 Å². The molecule has 0 aliphatic rings. The largest absolute Gasteiger partial charge is 0.356 e. The number of para-hydroxylation sites is 1. The first-order valence-electron chi connectivity index (χ1n) is 9.95. The normalized spacial score (nSPS) is 11.5. The Morgan fingerprint density at radius 3 is 2.59 bits per heavy atom. The van der Waals surface area contributed by atoms with Gasteiger partial charge in [0.15, 0.2) is 5.96 Å². The molecule has 0 saturated heterocycles. The Labute approximate surface area is 171 Å². The second kappa shape index (κ2) is 10.4. The minimum Gasteiger partial charge on any atom is -0.356 e. The smallest absolute Gasteiger partial charge is 0.190 e. The van der Waals surface area contributed by atoms with Crippen LogP contribution in [0.15, 0.2) is 65.8 Å². The van der Waals surface area contributed by atoms with E-state index in [4.69, 9.17) is 0 Å².